The molecule has 0 unspecified atom stereocenters. The van der Waals surface area contributed by atoms with E-state index in [-0.39, 0.29) is 11.7 Å². The third kappa shape index (κ3) is 4.39. The second-order valence-electron chi connectivity index (χ2n) is 7.18. The minimum absolute atomic E-state index is 0.116. The maximum absolute atomic E-state index is 13.0. The van der Waals surface area contributed by atoms with Gasteiger partial charge in [-0.25, -0.2) is 9.18 Å². The van der Waals surface area contributed by atoms with Crippen LogP contribution in [-0.4, -0.2) is 40.6 Å². The molecule has 1 N–H and O–H groups in total. The van der Waals surface area contributed by atoms with Crippen molar-refractivity contribution in [2.45, 2.75) is 25.9 Å². The predicted octanol–water partition coefficient (Wildman–Crippen LogP) is 4.00. The summed E-state index contributed by atoms with van der Waals surface area (Å²) in [5.41, 5.74) is 1.30. The summed E-state index contributed by atoms with van der Waals surface area (Å²) in [7, 11) is 0. The molecule has 0 aliphatic carbocycles. The van der Waals surface area contributed by atoms with Crippen molar-refractivity contribution in [1.29, 1.82) is 0 Å². The van der Waals surface area contributed by atoms with E-state index in [0.717, 1.165) is 11.1 Å². The Morgan fingerprint density at radius 1 is 1.07 bits per heavy atom. The van der Waals surface area contributed by atoms with Crippen LogP contribution in [0, 0.1) is 5.82 Å². The number of rotatable bonds is 5. The summed E-state index contributed by atoms with van der Waals surface area (Å²) in [5, 5.41) is 9.14. The smallest absolute Gasteiger partial charge is 0.347 e. The summed E-state index contributed by atoms with van der Waals surface area (Å²) < 4.78 is 18.5. The Kier molecular flexibility index (Phi) is 5.49. The topological polar surface area (TPSA) is 66.8 Å². The van der Waals surface area contributed by atoms with E-state index < -0.39 is 11.6 Å². The number of halogens is 1. The molecule has 1 heterocycles. The van der Waals surface area contributed by atoms with Crippen LogP contribution >= 0.6 is 0 Å². The molecule has 0 spiro atoms. The van der Waals surface area contributed by atoms with Gasteiger partial charge in [-0.3, -0.25) is 4.79 Å². The summed E-state index contributed by atoms with van der Waals surface area (Å²) in [6.45, 7) is 4.06. The molecular formula is C22H22FNO4. The number of benzene rings is 2. The Balaban J connectivity index is 1.65. The Bertz CT molecular complexity index is 901. The first-order valence-corrected chi connectivity index (χ1v) is 9.03. The van der Waals surface area contributed by atoms with Crippen LogP contribution in [0.4, 0.5) is 4.39 Å². The number of amides is 1. The van der Waals surface area contributed by atoms with Crippen LogP contribution in [0.1, 0.15) is 36.2 Å². The zero-order valence-electron chi connectivity index (χ0n) is 15.8. The third-order valence-electron chi connectivity index (χ3n) is 4.70. The molecule has 0 radical (unpaired) electrons. The molecule has 6 heteroatoms. The molecule has 5 nitrogen and oxygen atoms in total. The summed E-state index contributed by atoms with van der Waals surface area (Å²) in [6.07, 6.45) is 2.70. The van der Waals surface area contributed by atoms with E-state index in [1.807, 2.05) is 18.2 Å². The van der Waals surface area contributed by atoms with Crippen LogP contribution in [0.15, 0.2) is 54.6 Å². The molecule has 1 aliphatic heterocycles. The highest BCUT2D eigenvalue weighted by atomic mass is 19.1. The number of carbonyl (C=O) groups is 2. The first-order chi connectivity index (χ1) is 13.3. The number of nitrogens with zero attached hydrogens (tertiary/aromatic N) is 1. The number of ether oxygens (including phenoxy) is 1. The quantitative estimate of drug-likeness (QED) is 0.848. The van der Waals surface area contributed by atoms with Crippen molar-refractivity contribution in [3.8, 4) is 5.75 Å². The first kappa shape index (κ1) is 19.6. The number of carboxylic acid groups (broad SMARTS) is 1. The number of aliphatic carboxylic acids is 1. The van der Waals surface area contributed by atoms with Gasteiger partial charge >= 0.3 is 5.97 Å². The van der Waals surface area contributed by atoms with Crippen molar-refractivity contribution in [1.82, 2.24) is 4.90 Å². The summed E-state index contributed by atoms with van der Waals surface area (Å²) in [6, 6.07) is 12.8. The normalized spacial score (nSPS) is 14.4. The lowest BCUT2D eigenvalue weighted by atomic mass is 9.99. The molecule has 0 aromatic heterocycles. The van der Waals surface area contributed by atoms with Crippen LogP contribution in [-0.2, 0) is 4.79 Å². The zero-order valence-corrected chi connectivity index (χ0v) is 15.8. The highest BCUT2D eigenvalue weighted by Crippen LogP contribution is 2.26. The average Bonchev–Trinajstić information content (AvgIpc) is 2.68. The minimum atomic E-state index is -1.30. The lowest BCUT2D eigenvalue weighted by molar-refractivity contribution is -0.152. The van der Waals surface area contributed by atoms with E-state index in [2.05, 4.69) is 0 Å². The van der Waals surface area contributed by atoms with E-state index in [1.54, 1.807) is 17.0 Å². The van der Waals surface area contributed by atoms with E-state index in [1.165, 1.54) is 38.1 Å². The molecule has 1 aliphatic rings. The average molecular weight is 383 g/mol. The Hall–Kier alpha value is -3.15. The maximum Gasteiger partial charge on any atom is 0.347 e. The van der Waals surface area contributed by atoms with Crippen LogP contribution in [0.3, 0.4) is 0 Å². The highest BCUT2D eigenvalue weighted by Gasteiger charge is 2.29. The fourth-order valence-electron chi connectivity index (χ4n) is 2.97. The first-order valence-electron chi connectivity index (χ1n) is 9.03. The van der Waals surface area contributed by atoms with Crippen LogP contribution in [0.2, 0.25) is 0 Å². The van der Waals surface area contributed by atoms with Crippen molar-refractivity contribution in [2.75, 3.05) is 13.1 Å². The fraction of sp³-hybridized carbons (Fsp3) is 0.273. The third-order valence-corrected chi connectivity index (χ3v) is 4.70. The van der Waals surface area contributed by atoms with Crippen molar-refractivity contribution >= 4 is 17.4 Å². The largest absolute Gasteiger partial charge is 0.478 e. The molecule has 2 aromatic rings. The monoisotopic (exact) mass is 383 g/mol. The summed E-state index contributed by atoms with van der Waals surface area (Å²) in [5.74, 6) is -1.02. The summed E-state index contributed by atoms with van der Waals surface area (Å²) in [4.78, 5) is 25.4. The van der Waals surface area contributed by atoms with Gasteiger partial charge in [0, 0.05) is 18.7 Å². The SMILES string of the molecule is CC(C)(Oc1ccc(C2=CCN(C(=O)c3ccc(F)cc3)CC2)cc1)C(=O)O. The van der Waals surface area contributed by atoms with Gasteiger partial charge in [-0.15, -0.1) is 0 Å². The van der Waals surface area contributed by atoms with E-state index >= 15 is 0 Å². The number of hydrogen-bond acceptors (Lipinski definition) is 3. The van der Waals surface area contributed by atoms with Crippen LogP contribution < -0.4 is 4.74 Å². The van der Waals surface area contributed by atoms with Crippen molar-refractivity contribution in [2.24, 2.45) is 0 Å². The Labute approximate surface area is 163 Å². The van der Waals surface area contributed by atoms with Gasteiger partial charge in [0.25, 0.3) is 5.91 Å². The zero-order chi connectivity index (χ0) is 20.3. The molecule has 2 aromatic carbocycles. The highest BCUT2D eigenvalue weighted by molar-refractivity contribution is 5.94. The van der Waals surface area contributed by atoms with Crippen molar-refractivity contribution < 1.29 is 23.8 Å². The van der Waals surface area contributed by atoms with E-state index in [9.17, 15) is 14.0 Å². The van der Waals surface area contributed by atoms with E-state index in [4.69, 9.17) is 9.84 Å². The van der Waals surface area contributed by atoms with Gasteiger partial charge in [0.05, 0.1) is 0 Å². The number of carbonyl (C=O) groups excluding carboxylic acids is 1. The Morgan fingerprint density at radius 2 is 1.71 bits per heavy atom. The lowest BCUT2D eigenvalue weighted by Crippen LogP contribution is -2.37. The fourth-order valence-corrected chi connectivity index (χ4v) is 2.97. The van der Waals surface area contributed by atoms with Gasteiger partial charge in [0.15, 0.2) is 5.60 Å². The maximum atomic E-state index is 13.0. The standard InChI is InChI=1S/C22H22FNO4/c1-22(2,21(26)27)28-19-9-5-15(6-10-19)16-11-13-24(14-12-16)20(25)17-3-7-18(23)8-4-17/h3-11H,12-14H2,1-2H3,(H,26,27). The van der Waals surface area contributed by atoms with Crippen LogP contribution in [0.5, 0.6) is 5.75 Å². The Morgan fingerprint density at radius 3 is 2.25 bits per heavy atom. The van der Waals surface area contributed by atoms with Gasteiger partial charge in [-0.1, -0.05) is 18.2 Å². The number of carboxylic acids is 1. The molecule has 0 bridgehead atoms. The second-order valence-corrected chi connectivity index (χ2v) is 7.18. The molecule has 0 fully saturated rings. The molecule has 0 atom stereocenters. The van der Waals surface area contributed by atoms with Gasteiger partial charge in [-0.05, 0) is 67.8 Å². The van der Waals surface area contributed by atoms with Crippen LogP contribution in [0.25, 0.3) is 5.57 Å². The van der Waals surface area contributed by atoms with E-state index in [0.29, 0.717) is 30.8 Å². The summed E-state index contributed by atoms with van der Waals surface area (Å²) >= 11 is 0. The van der Waals surface area contributed by atoms with Gasteiger partial charge in [-0.2, -0.15) is 0 Å². The van der Waals surface area contributed by atoms with Gasteiger partial charge in [0.2, 0.25) is 0 Å². The lowest BCUT2D eigenvalue weighted by Gasteiger charge is -2.27. The van der Waals surface area contributed by atoms with Gasteiger partial charge in [0.1, 0.15) is 11.6 Å². The van der Waals surface area contributed by atoms with Gasteiger partial charge < -0.3 is 14.7 Å². The molecule has 0 saturated heterocycles. The predicted molar refractivity (Wildman–Crippen MR) is 104 cm³/mol. The molecule has 1 amide bonds. The number of hydrogen-bond donors (Lipinski definition) is 1. The van der Waals surface area contributed by atoms with Crippen molar-refractivity contribution in [3.05, 3.63) is 71.6 Å². The molecule has 0 saturated carbocycles. The molecular weight excluding hydrogens is 361 g/mol. The molecule has 3 rings (SSSR count). The second kappa shape index (κ2) is 7.84. The molecule has 28 heavy (non-hydrogen) atoms. The van der Waals surface area contributed by atoms with Crippen molar-refractivity contribution in [3.63, 3.8) is 0 Å². The molecule has 146 valence electrons. The minimum Gasteiger partial charge on any atom is -0.478 e.